The average Bonchev–Trinajstić information content (AvgIpc) is 2.86. The SMILES string of the molecule is CC1(C)Oc2ccc(I)cc2C(N2Cc3ccccc3C2=O)[C@@H]1O. The van der Waals surface area contributed by atoms with E-state index < -0.39 is 17.7 Å². The van der Waals surface area contributed by atoms with Crippen LogP contribution in [0.25, 0.3) is 0 Å². The summed E-state index contributed by atoms with van der Waals surface area (Å²) in [4.78, 5) is 14.7. The Morgan fingerprint density at radius 1 is 1.25 bits per heavy atom. The Kier molecular flexibility index (Phi) is 3.61. The van der Waals surface area contributed by atoms with Gasteiger partial charge in [0.25, 0.3) is 5.91 Å². The molecular formula is C19H18INO3. The van der Waals surface area contributed by atoms with Crippen LogP contribution in [0.3, 0.4) is 0 Å². The maximum absolute atomic E-state index is 12.9. The smallest absolute Gasteiger partial charge is 0.255 e. The number of fused-ring (bicyclic) bond motifs is 2. The van der Waals surface area contributed by atoms with E-state index in [0.717, 1.165) is 26.0 Å². The second-order valence-corrected chi connectivity index (χ2v) is 8.11. The highest BCUT2D eigenvalue weighted by molar-refractivity contribution is 14.1. The summed E-state index contributed by atoms with van der Waals surface area (Å²) >= 11 is 2.24. The van der Waals surface area contributed by atoms with Crippen molar-refractivity contribution in [1.29, 1.82) is 0 Å². The van der Waals surface area contributed by atoms with E-state index in [4.69, 9.17) is 4.74 Å². The summed E-state index contributed by atoms with van der Waals surface area (Å²) in [5.41, 5.74) is 1.83. The fraction of sp³-hybridized carbons (Fsp3) is 0.316. The number of ether oxygens (including phenoxy) is 1. The van der Waals surface area contributed by atoms with Crippen LogP contribution in [0.1, 0.15) is 41.4 Å². The highest BCUT2D eigenvalue weighted by Gasteiger charge is 2.48. The van der Waals surface area contributed by atoms with Gasteiger partial charge in [-0.15, -0.1) is 0 Å². The molecule has 2 atom stereocenters. The summed E-state index contributed by atoms with van der Waals surface area (Å²) in [6.45, 7) is 4.23. The molecule has 0 radical (unpaired) electrons. The van der Waals surface area contributed by atoms with Crippen molar-refractivity contribution in [2.24, 2.45) is 0 Å². The predicted octanol–water partition coefficient (Wildman–Crippen LogP) is 3.52. The molecule has 0 aliphatic carbocycles. The molecule has 0 aromatic heterocycles. The second kappa shape index (κ2) is 5.46. The largest absolute Gasteiger partial charge is 0.485 e. The first kappa shape index (κ1) is 15.9. The van der Waals surface area contributed by atoms with Gasteiger partial charge in [0, 0.05) is 21.2 Å². The van der Waals surface area contributed by atoms with Crippen LogP contribution in [0.2, 0.25) is 0 Å². The third kappa shape index (κ3) is 2.33. The minimum Gasteiger partial charge on any atom is -0.485 e. The van der Waals surface area contributed by atoms with E-state index in [2.05, 4.69) is 22.6 Å². The lowest BCUT2D eigenvalue weighted by atomic mass is 9.85. The fourth-order valence-electron chi connectivity index (χ4n) is 3.58. The van der Waals surface area contributed by atoms with Crippen molar-refractivity contribution >= 4 is 28.5 Å². The zero-order chi connectivity index (χ0) is 17.1. The molecule has 4 nitrogen and oxygen atoms in total. The Morgan fingerprint density at radius 2 is 2.00 bits per heavy atom. The molecule has 0 fully saturated rings. The Balaban J connectivity index is 1.83. The molecule has 4 rings (SSSR count). The monoisotopic (exact) mass is 435 g/mol. The highest BCUT2D eigenvalue weighted by atomic mass is 127. The maximum Gasteiger partial charge on any atom is 0.255 e. The van der Waals surface area contributed by atoms with E-state index >= 15 is 0 Å². The Labute approximate surface area is 154 Å². The van der Waals surface area contributed by atoms with Crippen LogP contribution >= 0.6 is 22.6 Å². The number of hydrogen-bond acceptors (Lipinski definition) is 3. The van der Waals surface area contributed by atoms with E-state index in [1.54, 1.807) is 4.90 Å². The highest BCUT2D eigenvalue weighted by Crippen LogP contribution is 2.45. The summed E-state index contributed by atoms with van der Waals surface area (Å²) in [6, 6.07) is 13.1. The van der Waals surface area contributed by atoms with Gasteiger partial charge in [0.1, 0.15) is 17.5 Å². The number of aliphatic hydroxyl groups excluding tert-OH is 1. The first-order chi connectivity index (χ1) is 11.4. The molecule has 1 N–H and O–H groups in total. The number of hydrogen-bond donors (Lipinski definition) is 1. The van der Waals surface area contributed by atoms with Crippen molar-refractivity contribution in [1.82, 2.24) is 4.90 Å². The number of benzene rings is 2. The van der Waals surface area contributed by atoms with Gasteiger partial charge < -0.3 is 14.7 Å². The number of nitrogens with zero attached hydrogens (tertiary/aromatic N) is 1. The van der Waals surface area contributed by atoms with Gasteiger partial charge in [-0.3, -0.25) is 4.79 Å². The van der Waals surface area contributed by atoms with Crippen molar-refractivity contribution in [3.05, 3.63) is 62.7 Å². The fourth-order valence-corrected chi connectivity index (χ4v) is 4.09. The number of aliphatic hydroxyl groups is 1. The van der Waals surface area contributed by atoms with Crippen LogP contribution in [0.5, 0.6) is 5.75 Å². The lowest BCUT2D eigenvalue weighted by Crippen LogP contribution is -2.53. The maximum atomic E-state index is 12.9. The summed E-state index contributed by atoms with van der Waals surface area (Å²) in [5.74, 6) is 0.705. The average molecular weight is 435 g/mol. The lowest BCUT2D eigenvalue weighted by Gasteiger charge is -2.45. The molecule has 0 bridgehead atoms. The van der Waals surface area contributed by atoms with Gasteiger partial charge in [-0.25, -0.2) is 0 Å². The molecule has 0 spiro atoms. The van der Waals surface area contributed by atoms with Crippen molar-refractivity contribution in [2.75, 3.05) is 0 Å². The molecule has 2 aromatic rings. The predicted molar refractivity (Wildman–Crippen MR) is 98.9 cm³/mol. The van der Waals surface area contributed by atoms with Crippen molar-refractivity contribution in [2.45, 2.75) is 38.1 Å². The second-order valence-electron chi connectivity index (χ2n) is 6.87. The topological polar surface area (TPSA) is 49.8 Å². The van der Waals surface area contributed by atoms with Gasteiger partial charge in [-0.2, -0.15) is 0 Å². The van der Waals surface area contributed by atoms with Crippen LogP contribution < -0.4 is 4.74 Å². The van der Waals surface area contributed by atoms with Gasteiger partial charge in [0.2, 0.25) is 0 Å². The molecule has 24 heavy (non-hydrogen) atoms. The third-order valence-electron chi connectivity index (χ3n) is 4.86. The van der Waals surface area contributed by atoms with Crippen molar-refractivity contribution in [3.63, 3.8) is 0 Å². The molecule has 0 saturated carbocycles. The molecule has 2 aromatic carbocycles. The number of amides is 1. The molecule has 2 aliphatic heterocycles. The number of rotatable bonds is 1. The molecule has 1 amide bonds. The number of carbonyl (C=O) groups is 1. The zero-order valence-corrected chi connectivity index (χ0v) is 15.6. The van der Waals surface area contributed by atoms with Crippen LogP contribution in [-0.2, 0) is 6.54 Å². The van der Waals surface area contributed by atoms with Gasteiger partial charge in [-0.1, -0.05) is 18.2 Å². The summed E-state index contributed by atoms with van der Waals surface area (Å²) in [5, 5.41) is 11.0. The summed E-state index contributed by atoms with van der Waals surface area (Å²) < 4.78 is 7.05. The van der Waals surface area contributed by atoms with E-state index in [1.807, 2.05) is 56.3 Å². The van der Waals surface area contributed by atoms with Crippen LogP contribution in [0.4, 0.5) is 0 Å². The zero-order valence-electron chi connectivity index (χ0n) is 13.5. The van der Waals surface area contributed by atoms with Crippen LogP contribution in [0.15, 0.2) is 42.5 Å². The van der Waals surface area contributed by atoms with Crippen LogP contribution in [-0.4, -0.2) is 27.6 Å². The van der Waals surface area contributed by atoms with Gasteiger partial charge >= 0.3 is 0 Å². The van der Waals surface area contributed by atoms with E-state index in [-0.39, 0.29) is 5.91 Å². The normalized spacial score (nSPS) is 24.3. The lowest BCUT2D eigenvalue weighted by molar-refractivity contribution is -0.0868. The summed E-state index contributed by atoms with van der Waals surface area (Å²) in [7, 11) is 0. The van der Waals surface area contributed by atoms with Crippen molar-refractivity contribution < 1.29 is 14.6 Å². The quantitative estimate of drug-likeness (QED) is 0.698. The van der Waals surface area contributed by atoms with E-state index in [1.165, 1.54) is 0 Å². The Morgan fingerprint density at radius 3 is 2.75 bits per heavy atom. The first-order valence-corrected chi connectivity index (χ1v) is 9.02. The molecule has 2 heterocycles. The van der Waals surface area contributed by atoms with Crippen molar-refractivity contribution in [3.8, 4) is 5.75 Å². The Bertz CT molecular complexity index is 833. The molecule has 0 saturated heterocycles. The summed E-state index contributed by atoms with van der Waals surface area (Å²) in [6.07, 6.45) is -0.804. The minimum atomic E-state index is -0.804. The number of halogens is 1. The number of carbonyl (C=O) groups excluding carboxylic acids is 1. The van der Waals surface area contributed by atoms with E-state index in [0.29, 0.717) is 6.54 Å². The van der Waals surface area contributed by atoms with Gasteiger partial charge in [0.05, 0.1) is 6.04 Å². The van der Waals surface area contributed by atoms with E-state index in [9.17, 15) is 9.90 Å². The van der Waals surface area contributed by atoms with Crippen LogP contribution in [0, 0.1) is 3.57 Å². The first-order valence-electron chi connectivity index (χ1n) is 7.94. The molecular weight excluding hydrogens is 417 g/mol. The van der Waals surface area contributed by atoms with Gasteiger partial charge in [-0.05, 0) is 66.3 Å². The molecule has 124 valence electrons. The molecule has 1 unspecified atom stereocenters. The van der Waals surface area contributed by atoms with Gasteiger partial charge in [0.15, 0.2) is 0 Å². The molecule has 5 heteroatoms. The standard InChI is InChI=1S/C19H18INO3/c1-19(2)17(22)16(14-9-12(20)7-8-15(14)24-19)21-10-11-5-3-4-6-13(11)18(21)23/h3-9,16-17,22H,10H2,1-2H3/t16?,17-/m0/s1. The third-order valence-corrected chi connectivity index (χ3v) is 5.53. The molecule has 2 aliphatic rings. The Hall–Kier alpha value is -1.60. The minimum absolute atomic E-state index is 0.0304.